The average Bonchev–Trinajstić information content (AvgIpc) is 3.15. The van der Waals surface area contributed by atoms with Crippen LogP contribution in [0.2, 0.25) is 0 Å². The van der Waals surface area contributed by atoms with Crippen molar-refractivity contribution in [3.63, 3.8) is 0 Å². The molecule has 0 saturated heterocycles. The van der Waals surface area contributed by atoms with E-state index in [1.165, 1.54) is 12.1 Å². The molecule has 0 fully saturated rings. The molecule has 1 aliphatic rings. The molecule has 3 aromatic rings. The lowest BCUT2D eigenvalue weighted by atomic mass is 9.95. The van der Waals surface area contributed by atoms with Crippen molar-refractivity contribution < 1.29 is 18.7 Å². The van der Waals surface area contributed by atoms with E-state index in [9.17, 15) is 14.0 Å². The second kappa shape index (κ2) is 10.3. The van der Waals surface area contributed by atoms with E-state index in [2.05, 4.69) is 16.0 Å². The number of hydrogen-bond acceptors (Lipinski definition) is 5. The molecule has 2 amide bonds. The van der Waals surface area contributed by atoms with Gasteiger partial charge in [-0.2, -0.15) is 0 Å². The number of carbonyl (C=O) groups excluding carboxylic acids is 2. The molecule has 38 heavy (non-hydrogen) atoms. The van der Waals surface area contributed by atoms with E-state index in [-0.39, 0.29) is 12.5 Å². The highest BCUT2D eigenvalue weighted by Crippen LogP contribution is 2.38. The maximum atomic E-state index is 13.9. The molecule has 0 aliphatic carbocycles. The third-order valence-corrected chi connectivity index (χ3v) is 5.95. The third-order valence-electron chi connectivity index (χ3n) is 5.95. The van der Waals surface area contributed by atoms with E-state index in [4.69, 9.17) is 10.5 Å². The number of halogens is 1. The van der Waals surface area contributed by atoms with E-state index < -0.39 is 23.1 Å². The summed E-state index contributed by atoms with van der Waals surface area (Å²) < 4.78 is 19.1. The molecular formula is C30H33FN4O3. The third kappa shape index (κ3) is 6.39. The van der Waals surface area contributed by atoms with Gasteiger partial charge in [0.25, 0.3) is 5.91 Å². The van der Waals surface area contributed by atoms with Crippen molar-refractivity contribution in [2.75, 3.05) is 10.6 Å². The molecular weight excluding hydrogens is 483 g/mol. The molecule has 1 heterocycles. The zero-order chi connectivity index (χ0) is 27.7. The predicted molar refractivity (Wildman–Crippen MR) is 149 cm³/mol. The molecule has 0 spiro atoms. The van der Waals surface area contributed by atoms with Crippen molar-refractivity contribution in [1.29, 1.82) is 0 Å². The van der Waals surface area contributed by atoms with Gasteiger partial charge in [0.2, 0.25) is 0 Å². The smallest absolute Gasteiger partial charge is 0.407 e. The molecule has 0 unspecified atom stereocenters. The van der Waals surface area contributed by atoms with Crippen LogP contribution in [0.25, 0.3) is 11.3 Å². The average molecular weight is 517 g/mol. The number of ether oxygens (including phenoxy) is 1. The van der Waals surface area contributed by atoms with Gasteiger partial charge in [0, 0.05) is 23.3 Å². The van der Waals surface area contributed by atoms with Crippen LogP contribution < -0.4 is 21.7 Å². The highest BCUT2D eigenvalue weighted by molar-refractivity contribution is 6.37. The summed E-state index contributed by atoms with van der Waals surface area (Å²) in [6, 6.07) is 19.4. The maximum absolute atomic E-state index is 13.9. The Balaban J connectivity index is 1.67. The summed E-state index contributed by atoms with van der Waals surface area (Å²) in [4.78, 5) is 25.1. The van der Waals surface area contributed by atoms with Crippen LogP contribution in [0.1, 0.15) is 56.9 Å². The van der Waals surface area contributed by atoms with Gasteiger partial charge in [0.05, 0.1) is 17.0 Å². The lowest BCUT2D eigenvalue weighted by molar-refractivity contribution is -0.110. The molecule has 7 nitrogen and oxygen atoms in total. The minimum Gasteiger partial charge on any atom is -0.444 e. The van der Waals surface area contributed by atoms with Crippen LogP contribution in [-0.4, -0.2) is 17.6 Å². The summed E-state index contributed by atoms with van der Waals surface area (Å²) in [5, 5.41) is 8.90. The van der Waals surface area contributed by atoms with E-state index >= 15 is 0 Å². The Morgan fingerprint density at radius 2 is 1.63 bits per heavy atom. The van der Waals surface area contributed by atoms with E-state index in [1.54, 1.807) is 26.8 Å². The lowest BCUT2D eigenvalue weighted by Crippen LogP contribution is -2.32. The number of nitrogens with two attached hydrogens (primary N) is 1. The van der Waals surface area contributed by atoms with Gasteiger partial charge in [0.15, 0.2) is 0 Å². The number of nitrogens with one attached hydrogen (secondary N) is 3. The molecule has 0 aromatic heterocycles. The standard InChI is InChI=1S/C30H33FN4O3/c1-29(2,3)38-28(37)33-17-18-6-8-19(9-7-18)26(34-22-13-10-20(11-14-22)30(4,5)32)25-23-15-12-21(31)16-24(23)35-27(25)36/h6-16,34H,17,32H2,1-5H3,(H,33,37)(H,35,36)/b26-25-. The Kier molecular flexibility index (Phi) is 7.29. The quantitative estimate of drug-likeness (QED) is 0.302. The number of amides is 2. The fourth-order valence-corrected chi connectivity index (χ4v) is 4.08. The van der Waals surface area contributed by atoms with Gasteiger partial charge in [-0.3, -0.25) is 4.79 Å². The van der Waals surface area contributed by atoms with Crippen LogP contribution >= 0.6 is 0 Å². The number of rotatable bonds is 6. The fourth-order valence-electron chi connectivity index (χ4n) is 4.08. The van der Waals surface area contributed by atoms with E-state index in [1.807, 2.05) is 62.4 Å². The van der Waals surface area contributed by atoms with Crippen molar-refractivity contribution in [2.24, 2.45) is 5.73 Å². The molecule has 198 valence electrons. The Morgan fingerprint density at radius 1 is 0.974 bits per heavy atom. The van der Waals surface area contributed by atoms with Crippen LogP contribution in [0.3, 0.4) is 0 Å². The molecule has 0 radical (unpaired) electrons. The maximum Gasteiger partial charge on any atom is 0.407 e. The van der Waals surface area contributed by atoms with Crippen LogP contribution in [0.5, 0.6) is 0 Å². The predicted octanol–water partition coefficient (Wildman–Crippen LogP) is 5.98. The first-order chi connectivity index (χ1) is 17.8. The second-order valence-corrected chi connectivity index (χ2v) is 10.9. The summed E-state index contributed by atoms with van der Waals surface area (Å²) in [6.45, 7) is 9.56. The van der Waals surface area contributed by atoms with Gasteiger partial charge in [0.1, 0.15) is 11.4 Å². The van der Waals surface area contributed by atoms with Crippen LogP contribution in [0.15, 0.2) is 66.7 Å². The first kappa shape index (κ1) is 26.9. The molecule has 0 saturated carbocycles. The Morgan fingerprint density at radius 3 is 2.24 bits per heavy atom. The van der Waals surface area contributed by atoms with E-state index in [0.29, 0.717) is 22.5 Å². The first-order valence-corrected chi connectivity index (χ1v) is 12.4. The number of anilines is 2. The van der Waals surface area contributed by atoms with Crippen molar-refractivity contribution in [3.05, 3.63) is 94.8 Å². The van der Waals surface area contributed by atoms with Gasteiger partial charge in [-0.05, 0) is 81.6 Å². The van der Waals surface area contributed by atoms with Gasteiger partial charge >= 0.3 is 6.09 Å². The second-order valence-electron chi connectivity index (χ2n) is 10.9. The molecule has 3 aromatic carbocycles. The van der Waals surface area contributed by atoms with Crippen molar-refractivity contribution in [2.45, 2.75) is 52.3 Å². The molecule has 1 aliphatic heterocycles. The van der Waals surface area contributed by atoms with Gasteiger partial charge in [-0.1, -0.05) is 36.4 Å². The molecule has 8 heteroatoms. The first-order valence-electron chi connectivity index (χ1n) is 12.4. The molecule has 0 bridgehead atoms. The SMILES string of the molecule is CC(C)(C)OC(=O)NCc1ccc(/C(Nc2ccc(C(C)(C)N)cc2)=C2/C(=O)Nc3cc(F)ccc32)cc1. The summed E-state index contributed by atoms with van der Waals surface area (Å²) in [6.07, 6.45) is -0.499. The van der Waals surface area contributed by atoms with E-state index in [0.717, 1.165) is 22.4 Å². The summed E-state index contributed by atoms with van der Waals surface area (Å²) in [5.41, 5.74) is 10.5. The lowest BCUT2D eigenvalue weighted by Gasteiger charge is -2.20. The normalized spacial score (nSPS) is 14.4. The summed E-state index contributed by atoms with van der Waals surface area (Å²) in [7, 11) is 0. The minimum absolute atomic E-state index is 0.285. The molecule has 4 rings (SSSR count). The van der Waals surface area contributed by atoms with Gasteiger partial charge < -0.3 is 26.4 Å². The zero-order valence-corrected chi connectivity index (χ0v) is 22.2. The minimum atomic E-state index is -0.583. The van der Waals surface area contributed by atoms with Gasteiger partial charge in [-0.15, -0.1) is 0 Å². The van der Waals surface area contributed by atoms with Crippen molar-refractivity contribution in [3.8, 4) is 0 Å². The fraction of sp³-hybridized carbons (Fsp3) is 0.267. The number of benzene rings is 3. The van der Waals surface area contributed by atoms with Crippen LogP contribution in [0, 0.1) is 5.82 Å². The summed E-state index contributed by atoms with van der Waals surface area (Å²) >= 11 is 0. The molecule has 5 N–H and O–H groups in total. The number of fused-ring (bicyclic) bond motifs is 1. The number of hydrogen-bond donors (Lipinski definition) is 4. The highest BCUT2D eigenvalue weighted by Gasteiger charge is 2.29. The molecule has 0 atom stereocenters. The van der Waals surface area contributed by atoms with Crippen LogP contribution in [0.4, 0.5) is 20.6 Å². The van der Waals surface area contributed by atoms with Crippen LogP contribution in [-0.2, 0) is 21.6 Å². The Labute approximate surface area is 222 Å². The van der Waals surface area contributed by atoms with Crippen molar-refractivity contribution in [1.82, 2.24) is 5.32 Å². The monoisotopic (exact) mass is 516 g/mol. The Bertz CT molecular complexity index is 1380. The largest absolute Gasteiger partial charge is 0.444 e. The Hall–Kier alpha value is -4.17. The number of alkyl carbamates (subject to hydrolysis) is 1. The van der Waals surface area contributed by atoms with Gasteiger partial charge in [-0.25, -0.2) is 9.18 Å². The highest BCUT2D eigenvalue weighted by atomic mass is 19.1. The van der Waals surface area contributed by atoms with Crippen molar-refractivity contribution >= 4 is 34.6 Å². The topological polar surface area (TPSA) is 105 Å². The summed E-state index contributed by atoms with van der Waals surface area (Å²) in [5.74, 6) is -0.759. The number of carbonyl (C=O) groups is 2. The zero-order valence-electron chi connectivity index (χ0n) is 22.2.